The van der Waals surface area contributed by atoms with Crippen molar-refractivity contribution < 1.29 is 18.8 Å². The average Bonchev–Trinajstić information content (AvgIpc) is 2.68. The van der Waals surface area contributed by atoms with E-state index in [0.29, 0.717) is 11.3 Å². The summed E-state index contributed by atoms with van der Waals surface area (Å²) in [6.07, 6.45) is 0. The largest absolute Gasteiger partial charge is 0.331 e. The van der Waals surface area contributed by atoms with Gasteiger partial charge in [0.25, 0.3) is 5.91 Å². The van der Waals surface area contributed by atoms with Crippen molar-refractivity contribution in [3.05, 3.63) is 29.6 Å². The number of anilines is 1. The predicted molar refractivity (Wildman–Crippen MR) is 79.4 cm³/mol. The number of rotatable bonds is 3. The van der Waals surface area contributed by atoms with Gasteiger partial charge in [0.2, 0.25) is 0 Å². The van der Waals surface area contributed by atoms with E-state index in [2.05, 4.69) is 5.32 Å². The van der Waals surface area contributed by atoms with E-state index < -0.39 is 11.2 Å². The Kier molecular flexibility index (Phi) is 4.37. The maximum atomic E-state index is 14.1. The Labute approximate surface area is 128 Å². The lowest BCUT2D eigenvalue weighted by molar-refractivity contribution is -0.165. The molecule has 2 rings (SSSR count). The van der Waals surface area contributed by atoms with Crippen LogP contribution < -0.4 is 5.32 Å². The molecule has 1 aliphatic rings. The first-order valence-electron chi connectivity index (χ1n) is 6.92. The van der Waals surface area contributed by atoms with E-state index in [9.17, 15) is 14.0 Å². The van der Waals surface area contributed by atoms with E-state index in [1.165, 1.54) is 22.1 Å². The van der Waals surface area contributed by atoms with Crippen LogP contribution in [0.2, 0.25) is 0 Å². The fourth-order valence-corrected chi connectivity index (χ4v) is 1.96. The second-order valence-electron chi connectivity index (χ2n) is 6.13. The Morgan fingerprint density at radius 1 is 1.45 bits per heavy atom. The molecule has 1 fully saturated rings. The molecule has 0 radical (unpaired) electrons. The van der Waals surface area contributed by atoms with Gasteiger partial charge in [-0.1, -0.05) is 6.07 Å². The summed E-state index contributed by atoms with van der Waals surface area (Å²) in [6.45, 7) is 3.89. The molecule has 0 spiro atoms. The number of hydroxylamine groups is 2. The van der Waals surface area contributed by atoms with Crippen molar-refractivity contribution in [2.45, 2.75) is 20.4 Å². The van der Waals surface area contributed by atoms with Crippen molar-refractivity contribution in [3.63, 3.8) is 0 Å². The number of halogens is 1. The Morgan fingerprint density at radius 2 is 2.14 bits per heavy atom. The summed E-state index contributed by atoms with van der Waals surface area (Å²) < 4.78 is 14.1. The quantitative estimate of drug-likeness (QED) is 0.931. The van der Waals surface area contributed by atoms with Gasteiger partial charge in [0.15, 0.2) is 0 Å². The second-order valence-corrected chi connectivity index (χ2v) is 6.13. The fourth-order valence-electron chi connectivity index (χ4n) is 1.96. The predicted octanol–water partition coefficient (Wildman–Crippen LogP) is 2.22. The van der Waals surface area contributed by atoms with Gasteiger partial charge < -0.3 is 10.2 Å². The molecule has 6 nitrogen and oxygen atoms in total. The number of nitrogens with one attached hydrogen (secondary N) is 1. The van der Waals surface area contributed by atoms with Crippen molar-refractivity contribution in [1.82, 2.24) is 9.96 Å². The number of hydrogen-bond donors (Lipinski definition) is 1. The summed E-state index contributed by atoms with van der Waals surface area (Å²) in [5.41, 5.74) is 0.0960. The van der Waals surface area contributed by atoms with Crippen LogP contribution in [0.1, 0.15) is 19.4 Å². The molecule has 120 valence electrons. The van der Waals surface area contributed by atoms with Gasteiger partial charge in [0.05, 0.1) is 18.6 Å². The number of urea groups is 1. The summed E-state index contributed by atoms with van der Waals surface area (Å²) >= 11 is 0. The molecule has 7 heteroatoms. The molecule has 1 aromatic rings. The molecule has 0 aliphatic carbocycles. The molecule has 3 amide bonds. The Morgan fingerprint density at radius 3 is 2.64 bits per heavy atom. The molecule has 0 bridgehead atoms. The lowest BCUT2D eigenvalue weighted by Gasteiger charge is -2.17. The highest BCUT2D eigenvalue weighted by molar-refractivity contribution is 5.89. The van der Waals surface area contributed by atoms with Crippen LogP contribution in [0.4, 0.5) is 14.9 Å². The first-order valence-corrected chi connectivity index (χ1v) is 6.92. The SMILES string of the molecule is CN(C)C(=O)Nc1ccc(CN2OCC(C)(C)C2=O)c(F)c1. The highest BCUT2D eigenvalue weighted by Gasteiger charge is 2.40. The highest BCUT2D eigenvalue weighted by atomic mass is 19.1. The van der Waals surface area contributed by atoms with Crippen LogP contribution in [0.25, 0.3) is 0 Å². The minimum atomic E-state index is -0.587. The first-order chi connectivity index (χ1) is 10.2. The van der Waals surface area contributed by atoms with Crippen molar-refractivity contribution in [2.24, 2.45) is 5.41 Å². The topological polar surface area (TPSA) is 61.9 Å². The zero-order chi connectivity index (χ0) is 16.5. The summed E-state index contributed by atoms with van der Waals surface area (Å²) in [6, 6.07) is 4.00. The average molecular weight is 309 g/mol. The summed E-state index contributed by atoms with van der Waals surface area (Å²) in [5.74, 6) is -0.672. The molecule has 1 heterocycles. The van der Waals surface area contributed by atoms with E-state index >= 15 is 0 Å². The van der Waals surface area contributed by atoms with E-state index in [-0.39, 0.29) is 25.1 Å². The summed E-state index contributed by atoms with van der Waals surface area (Å²) in [7, 11) is 3.19. The molecular formula is C15H20FN3O3. The number of nitrogens with zero attached hydrogens (tertiary/aromatic N) is 2. The summed E-state index contributed by atoms with van der Waals surface area (Å²) in [4.78, 5) is 30.2. The summed E-state index contributed by atoms with van der Waals surface area (Å²) in [5, 5.41) is 3.74. The molecule has 1 aromatic carbocycles. The van der Waals surface area contributed by atoms with Crippen molar-refractivity contribution in [3.8, 4) is 0 Å². The molecule has 0 unspecified atom stereocenters. The molecule has 22 heavy (non-hydrogen) atoms. The zero-order valence-electron chi connectivity index (χ0n) is 13.1. The number of hydrogen-bond acceptors (Lipinski definition) is 3. The van der Waals surface area contributed by atoms with Crippen LogP contribution >= 0.6 is 0 Å². The van der Waals surface area contributed by atoms with Crippen LogP contribution in [0, 0.1) is 11.2 Å². The van der Waals surface area contributed by atoms with Gasteiger partial charge in [0.1, 0.15) is 5.82 Å². The number of amides is 3. The van der Waals surface area contributed by atoms with Crippen molar-refractivity contribution in [2.75, 3.05) is 26.0 Å². The lowest BCUT2D eigenvalue weighted by Crippen LogP contribution is -2.30. The molecule has 0 saturated carbocycles. The maximum absolute atomic E-state index is 14.1. The molecule has 1 N–H and O–H groups in total. The zero-order valence-corrected chi connectivity index (χ0v) is 13.1. The number of carbonyl (C=O) groups is 2. The van der Waals surface area contributed by atoms with Gasteiger partial charge in [-0.05, 0) is 26.0 Å². The minimum Gasteiger partial charge on any atom is -0.331 e. The third-order valence-electron chi connectivity index (χ3n) is 3.41. The third kappa shape index (κ3) is 3.36. The van der Waals surface area contributed by atoms with Crippen LogP contribution in [-0.2, 0) is 16.2 Å². The van der Waals surface area contributed by atoms with E-state index in [1.54, 1.807) is 34.0 Å². The highest BCUT2D eigenvalue weighted by Crippen LogP contribution is 2.28. The Balaban J connectivity index is 2.08. The molecule has 1 saturated heterocycles. The normalized spacial score (nSPS) is 16.8. The van der Waals surface area contributed by atoms with Crippen LogP contribution in [0.3, 0.4) is 0 Å². The molecule has 1 aliphatic heterocycles. The fraction of sp³-hybridized carbons (Fsp3) is 0.467. The third-order valence-corrected chi connectivity index (χ3v) is 3.41. The van der Waals surface area contributed by atoms with Crippen LogP contribution in [0.5, 0.6) is 0 Å². The van der Waals surface area contributed by atoms with Gasteiger partial charge in [-0.3, -0.25) is 9.63 Å². The van der Waals surface area contributed by atoms with Crippen molar-refractivity contribution in [1.29, 1.82) is 0 Å². The monoisotopic (exact) mass is 309 g/mol. The second kappa shape index (κ2) is 5.92. The first kappa shape index (κ1) is 16.2. The molecule has 0 aromatic heterocycles. The lowest BCUT2D eigenvalue weighted by atomic mass is 9.95. The number of carbonyl (C=O) groups excluding carboxylic acids is 2. The van der Waals surface area contributed by atoms with Gasteiger partial charge in [-0.2, -0.15) is 0 Å². The molecular weight excluding hydrogens is 289 g/mol. The van der Waals surface area contributed by atoms with E-state index in [1.807, 2.05) is 0 Å². The van der Waals surface area contributed by atoms with Gasteiger partial charge in [-0.25, -0.2) is 14.2 Å². The standard InChI is InChI=1S/C15H20FN3O3/c1-15(2)9-22-19(13(15)20)8-10-5-6-11(7-12(10)16)17-14(21)18(3)4/h5-7H,8-9H2,1-4H3,(H,17,21). The van der Waals surface area contributed by atoms with E-state index in [4.69, 9.17) is 4.84 Å². The van der Waals surface area contributed by atoms with Crippen molar-refractivity contribution >= 4 is 17.6 Å². The van der Waals surface area contributed by atoms with Gasteiger partial charge in [-0.15, -0.1) is 0 Å². The number of benzene rings is 1. The Hall–Kier alpha value is -2.15. The molecule has 0 atom stereocenters. The minimum absolute atomic E-state index is 0.0377. The van der Waals surface area contributed by atoms with Crippen LogP contribution in [-0.4, -0.2) is 42.6 Å². The Bertz CT molecular complexity index is 602. The maximum Gasteiger partial charge on any atom is 0.321 e. The van der Waals surface area contributed by atoms with Crippen LogP contribution in [0.15, 0.2) is 18.2 Å². The van der Waals surface area contributed by atoms with Gasteiger partial charge >= 0.3 is 6.03 Å². The smallest absolute Gasteiger partial charge is 0.321 e. The van der Waals surface area contributed by atoms with E-state index in [0.717, 1.165) is 0 Å². The van der Waals surface area contributed by atoms with Gasteiger partial charge in [0, 0.05) is 25.3 Å².